The van der Waals surface area contributed by atoms with Gasteiger partial charge in [0.15, 0.2) is 11.1 Å². The van der Waals surface area contributed by atoms with Crippen molar-refractivity contribution in [3.8, 4) is 0 Å². The van der Waals surface area contributed by atoms with Gasteiger partial charge in [-0.2, -0.15) is 0 Å². The second kappa shape index (κ2) is 3.52. The van der Waals surface area contributed by atoms with Crippen LogP contribution in [0.3, 0.4) is 0 Å². The highest BCUT2D eigenvalue weighted by Gasteiger charge is 2.06. The van der Waals surface area contributed by atoms with E-state index in [-0.39, 0.29) is 0 Å². The lowest BCUT2D eigenvalue weighted by molar-refractivity contribution is 0.564. The van der Waals surface area contributed by atoms with Crippen molar-refractivity contribution >= 4 is 21.9 Å². The lowest BCUT2D eigenvalue weighted by Crippen LogP contribution is -1.92. The molecular weight excluding hydrogens is 196 g/mol. The van der Waals surface area contributed by atoms with Crippen LogP contribution in [0.25, 0.3) is 10.8 Å². The van der Waals surface area contributed by atoms with Gasteiger partial charge in [-0.1, -0.05) is 30.3 Å². The van der Waals surface area contributed by atoms with Gasteiger partial charge in [0, 0.05) is 0 Å². The van der Waals surface area contributed by atoms with E-state index in [1.54, 1.807) is 6.07 Å². The Morgan fingerprint density at radius 3 is 2.57 bits per heavy atom. The summed E-state index contributed by atoms with van der Waals surface area (Å²) in [6.45, 7) is 1.87. The molecule has 0 saturated carbocycles. The van der Waals surface area contributed by atoms with E-state index in [0.29, 0.717) is 4.90 Å². The zero-order chi connectivity index (χ0) is 10.1. The maximum absolute atomic E-state index is 11.0. The van der Waals surface area contributed by atoms with Crippen molar-refractivity contribution in [3.63, 3.8) is 0 Å². The average molecular weight is 206 g/mol. The molecule has 0 heterocycles. The van der Waals surface area contributed by atoms with Gasteiger partial charge in [0.1, 0.15) is 0 Å². The molecule has 1 unspecified atom stereocenters. The molecule has 2 aromatic rings. The summed E-state index contributed by atoms with van der Waals surface area (Å²) < 4.78 is 20.0. The number of fused-ring (bicyclic) bond motifs is 1. The van der Waals surface area contributed by atoms with E-state index in [1.807, 2.05) is 37.3 Å². The fourth-order valence-electron chi connectivity index (χ4n) is 1.60. The Morgan fingerprint density at radius 2 is 1.86 bits per heavy atom. The Balaban J connectivity index is 2.81. The van der Waals surface area contributed by atoms with Crippen LogP contribution in [0, 0.1) is 6.92 Å². The lowest BCUT2D eigenvalue weighted by atomic mass is 10.1. The molecule has 3 heteroatoms. The molecule has 14 heavy (non-hydrogen) atoms. The predicted octanol–water partition coefficient (Wildman–Crippen LogP) is 2.73. The summed E-state index contributed by atoms with van der Waals surface area (Å²) in [6.07, 6.45) is 0. The second-order valence-corrected chi connectivity index (χ2v) is 4.10. The minimum absolute atomic E-state index is 0.490. The van der Waals surface area contributed by atoms with Crippen LogP contribution < -0.4 is 0 Å². The number of rotatable bonds is 1. The molecule has 0 radical (unpaired) electrons. The van der Waals surface area contributed by atoms with Gasteiger partial charge in [-0.25, -0.2) is 4.21 Å². The highest BCUT2D eigenvalue weighted by atomic mass is 32.2. The fraction of sp³-hybridized carbons (Fsp3) is 0.0909. The first-order valence-corrected chi connectivity index (χ1v) is 5.40. The van der Waals surface area contributed by atoms with Gasteiger partial charge in [-0.05, 0) is 29.3 Å². The van der Waals surface area contributed by atoms with Crippen molar-refractivity contribution in [1.82, 2.24) is 0 Å². The fourth-order valence-corrected chi connectivity index (χ4v) is 2.15. The summed E-state index contributed by atoms with van der Waals surface area (Å²) >= 11 is -1.90. The summed E-state index contributed by atoms with van der Waals surface area (Å²) in [5.41, 5.74) is 0.879. The molecular formula is C11H10O2S. The third-order valence-electron chi connectivity index (χ3n) is 2.34. The van der Waals surface area contributed by atoms with Gasteiger partial charge in [0.2, 0.25) is 0 Å². The van der Waals surface area contributed by atoms with E-state index in [2.05, 4.69) is 0 Å². The van der Waals surface area contributed by atoms with Gasteiger partial charge in [-0.15, -0.1) is 0 Å². The van der Waals surface area contributed by atoms with E-state index < -0.39 is 11.1 Å². The van der Waals surface area contributed by atoms with Gasteiger partial charge in [0.25, 0.3) is 0 Å². The molecule has 2 nitrogen and oxygen atoms in total. The standard InChI is InChI=1S/C11H10O2S/c1-8-10-5-3-2-4-9(10)6-7-11(8)14(12)13/h2-7H,1H3,(H,12,13). The Labute approximate surface area is 84.9 Å². The minimum atomic E-state index is -1.90. The highest BCUT2D eigenvalue weighted by molar-refractivity contribution is 7.79. The van der Waals surface area contributed by atoms with Crippen molar-refractivity contribution in [2.75, 3.05) is 0 Å². The summed E-state index contributed by atoms with van der Waals surface area (Å²) in [5, 5.41) is 2.13. The third kappa shape index (κ3) is 1.45. The topological polar surface area (TPSA) is 37.3 Å². The molecule has 72 valence electrons. The normalized spacial score (nSPS) is 13.0. The molecule has 0 aliphatic carbocycles. The molecule has 0 fully saturated rings. The van der Waals surface area contributed by atoms with Crippen LogP contribution in [0.15, 0.2) is 41.3 Å². The first-order valence-electron chi connectivity index (χ1n) is 4.29. The molecule has 2 rings (SSSR count). The first-order chi connectivity index (χ1) is 6.70. The summed E-state index contributed by atoms with van der Waals surface area (Å²) in [6, 6.07) is 11.4. The summed E-state index contributed by atoms with van der Waals surface area (Å²) in [5.74, 6) is 0. The van der Waals surface area contributed by atoms with Crippen LogP contribution in [0.1, 0.15) is 5.56 Å². The van der Waals surface area contributed by atoms with E-state index in [4.69, 9.17) is 4.55 Å². The predicted molar refractivity (Wildman–Crippen MR) is 57.7 cm³/mol. The van der Waals surface area contributed by atoms with Crippen molar-refractivity contribution in [2.24, 2.45) is 0 Å². The summed E-state index contributed by atoms with van der Waals surface area (Å²) in [7, 11) is 0. The molecule has 0 spiro atoms. The Kier molecular flexibility index (Phi) is 2.35. The molecule has 0 amide bonds. The second-order valence-electron chi connectivity index (χ2n) is 3.16. The Hall–Kier alpha value is -1.19. The van der Waals surface area contributed by atoms with Crippen LogP contribution >= 0.6 is 0 Å². The minimum Gasteiger partial charge on any atom is -0.302 e. The zero-order valence-corrected chi connectivity index (χ0v) is 8.54. The molecule has 0 aromatic heterocycles. The van der Waals surface area contributed by atoms with E-state index in [9.17, 15) is 4.21 Å². The van der Waals surface area contributed by atoms with Gasteiger partial charge in [-0.3, -0.25) is 0 Å². The average Bonchev–Trinajstić information content (AvgIpc) is 2.18. The first kappa shape index (κ1) is 9.37. The Bertz CT molecular complexity index is 506. The maximum atomic E-state index is 11.0. The van der Waals surface area contributed by atoms with E-state index in [0.717, 1.165) is 16.3 Å². The largest absolute Gasteiger partial charge is 0.302 e. The van der Waals surface area contributed by atoms with Crippen molar-refractivity contribution < 1.29 is 8.76 Å². The van der Waals surface area contributed by atoms with E-state index in [1.165, 1.54) is 0 Å². The van der Waals surface area contributed by atoms with Crippen LogP contribution in [-0.4, -0.2) is 8.76 Å². The summed E-state index contributed by atoms with van der Waals surface area (Å²) in [4.78, 5) is 0.490. The van der Waals surface area contributed by atoms with Crippen molar-refractivity contribution in [1.29, 1.82) is 0 Å². The van der Waals surface area contributed by atoms with Crippen LogP contribution in [0.4, 0.5) is 0 Å². The number of hydrogen-bond acceptors (Lipinski definition) is 1. The number of aryl methyl sites for hydroxylation is 1. The number of benzene rings is 2. The molecule has 2 aromatic carbocycles. The third-order valence-corrected chi connectivity index (χ3v) is 3.16. The lowest BCUT2D eigenvalue weighted by Gasteiger charge is -2.05. The quantitative estimate of drug-likeness (QED) is 0.728. The molecule has 0 bridgehead atoms. The van der Waals surface area contributed by atoms with E-state index >= 15 is 0 Å². The molecule has 0 saturated heterocycles. The molecule has 1 atom stereocenters. The molecule has 0 aliphatic rings. The maximum Gasteiger partial charge on any atom is 0.186 e. The number of hydrogen-bond donors (Lipinski definition) is 1. The van der Waals surface area contributed by atoms with Crippen molar-refractivity contribution in [2.45, 2.75) is 11.8 Å². The molecule has 0 aliphatic heterocycles. The van der Waals surface area contributed by atoms with Crippen molar-refractivity contribution in [3.05, 3.63) is 42.0 Å². The van der Waals surface area contributed by atoms with Crippen LogP contribution in [-0.2, 0) is 11.1 Å². The molecule has 1 N–H and O–H groups in total. The smallest absolute Gasteiger partial charge is 0.186 e. The van der Waals surface area contributed by atoms with Gasteiger partial charge in [0.05, 0.1) is 4.90 Å². The zero-order valence-electron chi connectivity index (χ0n) is 7.73. The monoisotopic (exact) mass is 206 g/mol. The van der Waals surface area contributed by atoms with Crippen LogP contribution in [0.2, 0.25) is 0 Å². The Morgan fingerprint density at radius 1 is 1.14 bits per heavy atom. The van der Waals surface area contributed by atoms with Crippen LogP contribution in [0.5, 0.6) is 0 Å². The SMILES string of the molecule is Cc1c(S(=O)O)ccc2ccccc12. The highest BCUT2D eigenvalue weighted by Crippen LogP contribution is 2.23. The van der Waals surface area contributed by atoms with Gasteiger partial charge >= 0.3 is 0 Å². The van der Waals surface area contributed by atoms with Gasteiger partial charge < -0.3 is 4.55 Å².